The Morgan fingerprint density at radius 3 is 0.0562 bits per heavy atom. The summed E-state index contributed by atoms with van der Waals surface area (Å²) in [7, 11) is 0. The number of rotatable bonds is 0. The normalized spacial score (nSPS) is 0. The molecule has 62 nitrogen and oxygen atoms in total. The van der Waals surface area contributed by atoms with Gasteiger partial charge >= 0.3 is 0 Å². The van der Waals surface area contributed by atoms with Crippen LogP contribution in [0.4, 0.5) is 0 Å². The molecule has 0 aliphatic heterocycles. The van der Waals surface area contributed by atoms with E-state index in [2.05, 4.69) is 0 Å². The van der Waals surface area contributed by atoms with Gasteiger partial charge in [0.15, 0.2) is 0 Å². The van der Waals surface area contributed by atoms with Crippen molar-refractivity contribution in [1.82, 2.24) is 0 Å². The second-order valence-corrected chi connectivity index (χ2v) is 0. The van der Waals surface area contributed by atoms with Crippen molar-refractivity contribution in [2.45, 2.75) is 0 Å². The first kappa shape index (κ1) is 2770. The molecular formula is H130FeK7O62P2W17. The molecule has 0 aromatic carbocycles. The Morgan fingerprint density at radius 2 is 0.0562 bits per heavy atom. The van der Waals surface area contributed by atoms with E-state index in [4.69, 9.17) is 0 Å². The third-order valence-corrected chi connectivity index (χ3v) is 0. The zero-order valence-corrected chi connectivity index (χ0v) is 122. The van der Waals surface area contributed by atoms with Crippen LogP contribution in [0.1, 0.15) is 0 Å². The summed E-state index contributed by atoms with van der Waals surface area (Å²) in [6.07, 6.45) is 0. The predicted octanol–water partition coefficient (Wildman–Crippen LogP) is -53.7. The minimum absolute atomic E-state index is 0. The number of hydrogen-bond donors (Lipinski definition) is 0. The molecule has 0 saturated heterocycles. The van der Waals surface area contributed by atoms with Gasteiger partial charge in [-0.2, -0.15) is 19.8 Å². The summed E-state index contributed by atoms with van der Waals surface area (Å²) in [4.78, 5) is 0. The first-order chi connectivity index (χ1) is 0. The van der Waals surface area contributed by atoms with Crippen LogP contribution in [0.3, 0.4) is 0 Å². The van der Waals surface area contributed by atoms with Crippen LogP contribution in [-0.2, 0) is 375 Å². The maximum absolute atomic E-state index is 0. The van der Waals surface area contributed by atoms with Gasteiger partial charge in [-0.3, -0.25) is 0 Å². The van der Waals surface area contributed by atoms with Crippen LogP contribution in [0.25, 0.3) is 0 Å². The minimum Gasteiger partial charge on any atom is -0.412 e. The van der Waals surface area contributed by atoms with Crippen molar-refractivity contribution in [2.75, 3.05) is 0 Å². The van der Waals surface area contributed by atoms with Crippen LogP contribution in [0.15, 0.2) is 0 Å². The van der Waals surface area contributed by atoms with E-state index in [9.17, 15) is 0 Å². The van der Waals surface area contributed by atoms with E-state index in [1.165, 1.54) is 0 Å². The van der Waals surface area contributed by atoms with Gasteiger partial charge in [0.2, 0.25) is 0 Å². The van der Waals surface area contributed by atoms with Crippen LogP contribution in [-0.4, -0.2) is 699 Å². The first-order valence-electron chi connectivity index (χ1n) is 0. The van der Waals surface area contributed by atoms with Crippen LogP contribution in [0, 0.1) is 0 Å². The third kappa shape index (κ3) is 2640. The fourth-order valence-electron chi connectivity index (χ4n) is 0. The first-order valence-corrected chi connectivity index (χ1v) is 0. The third-order valence-electron chi connectivity index (χ3n) is 0. The average Bonchev–Trinajstić information content (AvgIpc) is 0. The molecule has 0 amide bonds. The molecule has 0 aromatic heterocycles. The SMILES string of the molecule is O.O.O.O.O.O.O.O.O.O.O.O.O.O.O.O.O.O.O.O.O.O.O.O.O.O.O.O.O.O.O.O.O.O.O.O.O.O.O.O.O.O.O.O.O.O.O.O.O.O.O.O.O.O.O.O.O.O.O.O.O.O.P.P.[Fe].[K].[K].[K].[K].[K].[K].[K].[W].[W].[W].[W].[W].[W].[W].[W].[W].[W].[W].[W].[W].[W].[W].[W].[W]. The van der Waals surface area contributed by atoms with Crippen LogP contribution < -0.4 is 0 Å². The zero-order chi connectivity index (χ0) is 0. The molecule has 0 fully saturated rings. The van der Waals surface area contributed by atoms with Gasteiger partial charge in [0, 0.05) is 735 Å². The van der Waals surface area contributed by atoms with Crippen molar-refractivity contribution < 1.29 is 715 Å². The predicted molar refractivity (Wildman–Crippen MR) is 287 cm³/mol. The molecule has 629 valence electrons. The molecule has 0 saturated carbocycles. The van der Waals surface area contributed by atoms with Crippen LogP contribution in [0.2, 0.25) is 0 Å². The maximum atomic E-state index is 0. The molecule has 124 N–H and O–H groups in total. The Balaban J connectivity index is 0. The van der Waals surface area contributed by atoms with Crippen LogP contribution in [0.5, 0.6) is 0 Å². The van der Waals surface area contributed by atoms with Crippen molar-refractivity contribution in [3.63, 3.8) is 0 Å². The van der Waals surface area contributed by atoms with Gasteiger partial charge < -0.3 is 340 Å². The van der Waals surface area contributed by atoms with Crippen molar-refractivity contribution in [3.05, 3.63) is 0 Å². The molecule has 0 heterocycles. The summed E-state index contributed by atoms with van der Waals surface area (Å²) in [6, 6.07) is 0. The summed E-state index contributed by atoms with van der Waals surface area (Å²) in [5.74, 6) is 0. The second-order valence-electron chi connectivity index (χ2n) is 0. The van der Waals surface area contributed by atoms with E-state index in [1.807, 2.05) is 0 Å². The van der Waals surface area contributed by atoms with Crippen molar-refractivity contribution in [3.8, 4) is 0 Å². The van der Waals surface area contributed by atoms with E-state index in [1.54, 1.807) is 0 Å². The summed E-state index contributed by atoms with van der Waals surface area (Å²) in [5, 5.41) is 0. The molecule has 0 spiro atoms. The quantitative estimate of drug-likeness (QED) is 0.161. The fourth-order valence-corrected chi connectivity index (χ4v) is 0. The molecular weight excluding hydrogens is 4510 g/mol. The number of hydrogen-bond acceptors (Lipinski definition) is 0. The molecule has 7 radical (unpaired) electrons. The van der Waals surface area contributed by atoms with E-state index in [-0.39, 0.29) is 1090 Å². The van der Waals surface area contributed by atoms with E-state index < -0.39 is 0 Å². The zero-order valence-electron chi connectivity index (χ0n) is 46.7. The van der Waals surface area contributed by atoms with Gasteiger partial charge in [0.05, 0.1) is 0 Å². The topological polar surface area (TPSA) is 1950 Å². The molecule has 0 aliphatic rings. The maximum Gasteiger partial charge on any atom is 0 e. The Hall–Kier alpha value is 22.1. The smallest absolute Gasteiger partial charge is 0 e. The monoisotopic (exact) mass is 4640 g/mol. The molecule has 89 heteroatoms. The van der Waals surface area contributed by atoms with Gasteiger partial charge in [-0.1, -0.05) is 0 Å². The van der Waals surface area contributed by atoms with Gasteiger partial charge in [-0.15, -0.1) is 0 Å². The van der Waals surface area contributed by atoms with Crippen LogP contribution >= 0.6 is 19.8 Å². The second kappa shape index (κ2) is 2690. The van der Waals surface area contributed by atoms with Gasteiger partial charge in [0.25, 0.3) is 0 Å². The molecule has 0 aromatic rings. The van der Waals surface area contributed by atoms with Gasteiger partial charge in [-0.05, 0) is 0 Å². The van der Waals surface area contributed by atoms with Gasteiger partial charge in [-0.25, -0.2) is 0 Å². The Morgan fingerprint density at radius 1 is 0.0562 bits per heavy atom. The average molecular weight is 4640 g/mol. The minimum atomic E-state index is 0. The van der Waals surface area contributed by atoms with E-state index >= 15 is 0 Å². The van der Waals surface area contributed by atoms with E-state index in [0.717, 1.165) is 0 Å². The largest absolute Gasteiger partial charge is 0.412 e. The molecule has 0 aliphatic carbocycles. The summed E-state index contributed by atoms with van der Waals surface area (Å²) >= 11 is 0. The Labute approximate surface area is 1070 Å². The molecule has 0 bridgehead atoms. The fraction of sp³-hybridized carbons (Fsp3) is 0. The molecule has 2 atom stereocenters. The Kier molecular flexibility index (Phi) is 83600. The Bertz CT molecular complexity index is 116. The van der Waals surface area contributed by atoms with E-state index in [0.29, 0.717) is 0 Å². The molecule has 0 rings (SSSR count). The summed E-state index contributed by atoms with van der Waals surface area (Å²) in [5.41, 5.74) is 0. The summed E-state index contributed by atoms with van der Waals surface area (Å²) in [6.45, 7) is 0. The van der Waals surface area contributed by atoms with Crippen molar-refractivity contribution in [1.29, 1.82) is 0 Å². The molecule has 2 unspecified atom stereocenters. The van der Waals surface area contributed by atoms with Crippen molar-refractivity contribution in [2.24, 2.45) is 0 Å². The standard InChI is InChI=1S/Fe.7K.62H2O.2H3P.17W/h;;;;;;;;62*1H2;2*1H3;;;;;;;;;;;;;;;;;. The summed E-state index contributed by atoms with van der Waals surface area (Å²) < 4.78 is 0. The van der Waals surface area contributed by atoms with Gasteiger partial charge in [0.1, 0.15) is 0 Å². The molecule has 89 heavy (non-hydrogen) atoms. The van der Waals surface area contributed by atoms with Crippen molar-refractivity contribution >= 4 is 379 Å².